The molecule has 1 saturated heterocycles. The van der Waals surface area contributed by atoms with Crippen molar-refractivity contribution in [1.82, 2.24) is 10.2 Å². The first kappa shape index (κ1) is 13.4. The number of carboxylic acid groups (broad SMARTS) is 1. The Morgan fingerprint density at radius 1 is 1.53 bits per heavy atom. The summed E-state index contributed by atoms with van der Waals surface area (Å²) in [6.07, 6.45) is 1.84. The van der Waals surface area contributed by atoms with E-state index in [1.54, 1.807) is 4.90 Å². The zero-order valence-corrected chi connectivity index (χ0v) is 10.5. The van der Waals surface area contributed by atoms with Gasteiger partial charge in [0.1, 0.15) is 5.76 Å². The van der Waals surface area contributed by atoms with Crippen LogP contribution in [0.4, 0.5) is 4.79 Å². The number of nitrogens with two attached hydrogens (primary N) is 1. The molecule has 0 aliphatic carbocycles. The summed E-state index contributed by atoms with van der Waals surface area (Å²) in [5.74, 6) is -0.851. The highest BCUT2D eigenvalue weighted by molar-refractivity contribution is 5.84. The van der Waals surface area contributed by atoms with E-state index in [2.05, 4.69) is 5.32 Å². The number of aromatic carboxylic acids is 1. The zero-order valence-electron chi connectivity index (χ0n) is 10.5. The van der Waals surface area contributed by atoms with Crippen molar-refractivity contribution in [3.63, 3.8) is 0 Å². The van der Waals surface area contributed by atoms with Gasteiger partial charge in [0.2, 0.25) is 5.76 Å². The molecular formula is C12H17N3O4. The lowest BCUT2D eigenvalue weighted by Gasteiger charge is -2.30. The molecule has 1 aromatic rings. The minimum atomic E-state index is -1.13. The topological polar surface area (TPSA) is 109 Å². The van der Waals surface area contributed by atoms with Crippen LogP contribution in [-0.4, -0.2) is 41.1 Å². The summed E-state index contributed by atoms with van der Waals surface area (Å²) < 4.78 is 5.05. The van der Waals surface area contributed by atoms with E-state index in [1.165, 1.54) is 12.1 Å². The number of nitrogens with one attached hydrogen (secondary N) is 1. The van der Waals surface area contributed by atoms with Crippen molar-refractivity contribution >= 4 is 12.0 Å². The van der Waals surface area contributed by atoms with Gasteiger partial charge in [-0.1, -0.05) is 0 Å². The first-order valence-electron chi connectivity index (χ1n) is 6.16. The van der Waals surface area contributed by atoms with Crippen molar-refractivity contribution in [2.75, 3.05) is 13.1 Å². The number of hydrogen-bond acceptors (Lipinski definition) is 4. The molecule has 104 valence electrons. The third-order valence-corrected chi connectivity index (χ3v) is 3.03. The number of nitrogens with zero attached hydrogens (tertiary/aromatic N) is 1. The quantitative estimate of drug-likeness (QED) is 0.743. The van der Waals surface area contributed by atoms with Crippen molar-refractivity contribution in [3.8, 4) is 0 Å². The van der Waals surface area contributed by atoms with Gasteiger partial charge in [-0.2, -0.15) is 0 Å². The van der Waals surface area contributed by atoms with Crippen LogP contribution < -0.4 is 11.1 Å². The van der Waals surface area contributed by atoms with Crippen molar-refractivity contribution < 1.29 is 19.1 Å². The van der Waals surface area contributed by atoms with Gasteiger partial charge in [0.05, 0.1) is 6.54 Å². The van der Waals surface area contributed by atoms with Gasteiger partial charge in [-0.25, -0.2) is 9.59 Å². The van der Waals surface area contributed by atoms with Crippen LogP contribution >= 0.6 is 0 Å². The number of furan rings is 1. The highest BCUT2D eigenvalue weighted by Crippen LogP contribution is 2.10. The summed E-state index contributed by atoms with van der Waals surface area (Å²) in [6.45, 7) is 1.40. The maximum Gasteiger partial charge on any atom is 0.371 e. The summed E-state index contributed by atoms with van der Waals surface area (Å²) in [5, 5.41) is 11.4. The molecule has 0 spiro atoms. The first-order chi connectivity index (χ1) is 9.06. The Labute approximate surface area is 110 Å². The minimum absolute atomic E-state index is 0.0294. The maximum absolute atomic E-state index is 11.9. The molecule has 1 aliphatic heterocycles. The molecule has 7 nitrogen and oxygen atoms in total. The SMILES string of the molecule is NC1CCCN(C(=O)NCc2ccc(C(=O)O)o2)C1. The fraction of sp³-hybridized carbons (Fsp3) is 0.500. The third-order valence-electron chi connectivity index (χ3n) is 3.03. The van der Waals surface area contributed by atoms with Crippen LogP contribution in [0.2, 0.25) is 0 Å². The van der Waals surface area contributed by atoms with Crippen molar-refractivity contribution in [2.45, 2.75) is 25.4 Å². The van der Waals surface area contributed by atoms with Crippen molar-refractivity contribution in [3.05, 3.63) is 23.7 Å². The highest BCUT2D eigenvalue weighted by Gasteiger charge is 2.21. The van der Waals surface area contributed by atoms with Crippen LogP contribution in [0.5, 0.6) is 0 Å². The lowest BCUT2D eigenvalue weighted by molar-refractivity contribution is 0.0660. The zero-order chi connectivity index (χ0) is 13.8. The summed E-state index contributed by atoms with van der Waals surface area (Å²) in [7, 11) is 0. The molecule has 1 atom stereocenters. The Kier molecular flexibility index (Phi) is 4.06. The van der Waals surface area contributed by atoms with Crippen LogP contribution in [0.3, 0.4) is 0 Å². The Balaban J connectivity index is 1.84. The summed E-state index contributed by atoms with van der Waals surface area (Å²) in [5.41, 5.74) is 5.80. The number of amides is 2. The van der Waals surface area contributed by atoms with Crippen LogP contribution in [0, 0.1) is 0 Å². The Hall–Kier alpha value is -2.02. The molecule has 0 saturated carbocycles. The van der Waals surface area contributed by atoms with E-state index >= 15 is 0 Å². The van der Waals surface area contributed by atoms with E-state index in [9.17, 15) is 9.59 Å². The minimum Gasteiger partial charge on any atom is -0.475 e. The lowest BCUT2D eigenvalue weighted by atomic mass is 10.1. The average molecular weight is 267 g/mol. The van der Waals surface area contributed by atoms with Gasteiger partial charge < -0.3 is 25.5 Å². The molecule has 0 aromatic carbocycles. The molecule has 19 heavy (non-hydrogen) atoms. The van der Waals surface area contributed by atoms with Gasteiger partial charge in [-0.05, 0) is 25.0 Å². The Morgan fingerprint density at radius 2 is 2.32 bits per heavy atom. The number of carbonyl (C=O) groups is 2. The van der Waals surface area contributed by atoms with Crippen molar-refractivity contribution in [2.24, 2.45) is 5.73 Å². The highest BCUT2D eigenvalue weighted by atomic mass is 16.4. The van der Waals surface area contributed by atoms with Gasteiger partial charge in [-0.3, -0.25) is 0 Å². The fourth-order valence-corrected chi connectivity index (χ4v) is 2.06. The van der Waals surface area contributed by atoms with Crippen LogP contribution in [0.1, 0.15) is 29.2 Å². The number of likely N-dealkylation sites (tertiary alicyclic amines) is 1. The Morgan fingerprint density at radius 3 is 2.95 bits per heavy atom. The Bertz CT molecular complexity index is 471. The van der Waals surface area contributed by atoms with Gasteiger partial charge in [0.15, 0.2) is 0 Å². The molecule has 0 radical (unpaired) electrons. The van der Waals surface area contributed by atoms with Gasteiger partial charge >= 0.3 is 12.0 Å². The van der Waals surface area contributed by atoms with Gasteiger partial charge in [0, 0.05) is 19.1 Å². The largest absolute Gasteiger partial charge is 0.475 e. The molecule has 0 bridgehead atoms. The lowest BCUT2D eigenvalue weighted by Crippen LogP contribution is -2.49. The summed E-state index contributed by atoms with van der Waals surface area (Å²) in [4.78, 5) is 24.2. The van der Waals surface area contributed by atoms with Gasteiger partial charge in [0.25, 0.3) is 0 Å². The van der Waals surface area contributed by atoms with Crippen LogP contribution in [0.15, 0.2) is 16.5 Å². The number of rotatable bonds is 3. The maximum atomic E-state index is 11.9. The summed E-state index contributed by atoms with van der Waals surface area (Å²) >= 11 is 0. The van der Waals surface area contributed by atoms with Crippen LogP contribution in [0.25, 0.3) is 0 Å². The van der Waals surface area contributed by atoms with E-state index in [0.29, 0.717) is 18.8 Å². The molecule has 1 aromatic heterocycles. The monoisotopic (exact) mass is 267 g/mol. The molecule has 2 heterocycles. The number of urea groups is 1. The first-order valence-corrected chi connectivity index (χ1v) is 6.16. The standard InChI is InChI=1S/C12H17N3O4/c13-8-2-1-5-15(7-8)12(18)14-6-9-3-4-10(19-9)11(16)17/h3-4,8H,1-2,5-7,13H2,(H,14,18)(H,16,17). The van der Waals surface area contributed by atoms with E-state index in [1.807, 2.05) is 0 Å². The third kappa shape index (κ3) is 3.47. The molecule has 2 amide bonds. The average Bonchev–Trinajstić information content (AvgIpc) is 2.85. The molecule has 2 rings (SSSR count). The number of piperidine rings is 1. The molecular weight excluding hydrogens is 250 g/mol. The smallest absolute Gasteiger partial charge is 0.371 e. The second-order valence-electron chi connectivity index (χ2n) is 4.58. The van der Waals surface area contributed by atoms with E-state index in [4.69, 9.17) is 15.3 Å². The molecule has 7 heteroatoms. The molecule has 1 fully saturated rings. The molecule has 4 N–H and O–H groups in total. The summed E-state index contributed by atoms with van der Waals surface area (Å²) in [6, 6.07) is 2.72. The molecule has 1 aliphatic rings. The number of hydrogen-bond donors (Lipinski definition) is 3. The van der Waals surface area contributed by atoms with Crippen molar-refractivity contribution in [1.29, 1.82) is 0 Å². The number of carboxylic acids is 1. The second-order valence-corrected chi connectivity index (χ2v) is 4.58. The van der Waals surface area contributed by atoms with E-state index in [-0.39, 0.29) is 24.4 Å². The van der Waals surface area contributed by atoms with E-state index < -0.39 is 5.97 Å². The van der Waals surface area contributed by atoms with Gasteiger partial charge in [-0.15, -0.1) is 0 Å². The second kappa shape index (κ2) is 5.75. The normalized spacial score (nSPS) is 19.2. The molecule has 1 unspecified atom stereocenters. The predicted molar refractivity (Wildman–Crippen MR) is 66.7 cm³/mol. The van der Waals surface area contributed by atoms with Crippen LogP contribution in [-0.2, 0) is 6.54 Å². The predicted octanol–water partition coefficient (Wildman–Crippen LogP) is 0.611. The number of carbonyl (C=O) groups excluding carboxylic acids is 1. The fourth-order valence-electron chi connectivity index (χ4n) is 2.06. The van der Waals surface area contributed by atoms with E-state index in [0.717, 1.165) is 12.8 Å².